The van der Waals surface area contributed by atoms with Gasteiger partial charge in [0.1, 0.15) is 5.75 Å². The van der Waals surface area contributed by atoms with Crippen LogP contribution in [0.3, 0.4) is 0 Å². The van der Waals surface area contributed by atoms with E-state index in [1.165, 1.54) is 0 Å². The van der Waals surface area contributed by atoms with Crippen LogP contribution in [-0.2, 0) is 4.79 Å². The minimum Gasteiger partial charge on any atom is -0.491 e. The van der Waals surface area contributed by atoms with E-state index in [0.717, 1.165) is 17.9 Å². The summed E-state index contributed by atoms with van der Waals surface area (Å²) in [6, 6.07) is 7.78. The zero-order valence-electron chi connectivity index (χ0n) is 13.8. The summed E-state index contributed by atoms with van der Waals surface area (Å²) in [6.07, 6.45) is 0.113. The number of benzene rings is 1. The van der Waals surface area contributed by atoms with Gasteiger partial charge in [-0.1, -0.05) is 32.0 Å². The minimum atomic E-state index is -0.0727. The molecule has 1 amide bonds. The van der Waals surface area contributed by atoms with Gasteiger partial charge in [-0.15, -0.1) is 0 Å². The van der Waals surface area contributed by atoms with Gasteiger partial charge in [-0.3, -0.25) is 4.79 Å². The Bertz CT molecular complexity index is 446. The highest BCUT2D eigenvalue weighted by Crippen LogP contribution is 2.25. The fourth-order valence-electron chi connectivity index (χ4n) is 2.09. The first kappa shape index (κ1) is 17.5. The highest BCUT2D eigenvalue weighted by molar-refractivity contribution is 5.79. The van der Waals surface area contributed by atoms with Crippen LogP contribution in [0.25, 0.3) is 0 Å². The van der Waals surface area contributed by atoms with Crippen molar-refractivity contribution in [2.24, 2.45) is 5.92 Å². The van der Waals surface area contributed by atoms with E-state index < -0.39 is 0 Å². The summed E-state index contributed by atoms with van der Waals surface area (Å²) in [7, 11) is 0. The lowest BCUT2D eigenvalue weighted by Crippen LogP contribution is -2.36. The summed E-state index contributed by atoms with van der Waals surface area (Å²) in [5.41, 5.74) is 1.01. The number of para-hydroxylation sites is 1. The van der Waals surface area contributed by atoms with Crippen LogP contribution in [0.2, 0.25) is 0 Å². The Balaban J connectivity index is 2.70. The number of rotatable bonds is 8. The molecule has 21 heavy (non-hydrogen) atoms. The van der Waals surface area contributed by atoms with Crippen LogP contribution in [0.5, 0.6) is 5.75 Å². The molecule has 0 aromatic heterocycles. The van der Waals surface area contributed by atoms with Crippen molar-refractivity contribution in [3.05, 3.63) is 29.8 Å². The summed E-state index contributed by atoms with van der Waals surface area (Å²) in [5.74, 6) is 0.841. The van der Waals surface area contributed by atoms with Gasteiger partial charge in [0.15, 0.2) is 0 Å². The number of hydrogen-bond donors (Lipinski definition) is 2. The molecule has 1 aromatic carbocycles. The molecule has 0 saturated heterocycles. The number of carbonyl (C=O) groups is 1. The maximum atomic E-state index is 12.2. The Morgan fingerprint density at radius 3 is 2.48 bits per heavy atom. The van der Waals surface area contributed by atoms with E-state index >= 15 is 0 Å². The Kier molecular flexibility index (Phi) is 7.23. The molecule has 0 aliphatic heterocycles. The lowest BCUT2D eigenvalue weighted by Gasteiger charge is -2.21. The number of ether oxygens (including phenoxy) is 1. The van der Waals surface area contributed by atoms with Crippen LogP contribution in [0, 0.1) is 5.92 Å². The van der Waals surface area contributed by atoms with Gasteiger partial charge in [0.2, 0.25) is 5.91 Å². The quantitative estimate of drug-likeness (QED) is 0.774. The monoisotopic (exact) mass is 292 g/mol. The van der Waals surface area contributed by atoms with Crippen molar-refractivity contribution in [2.45, 2.75) is 46.8 Å². The molecule has 0 aliphatic rings. The second-order valence-electron chi connectivity index (χ2n) is 5.64. The van der Waals surface area contributed by atoms with E-state index in [1.54, 1.807) is 0 Å². The summed E-state index contributed by atoms with van der Waals surface area (Å²) in [6.45, 7) is 11.5. The molecule has 118 valence electrons. The van der Waals surface area contributed by atoms with E-state index in [1.807, 2.05) is 58.9 Å². The highest BCUT2D eigenvalue weighted by atomic mass is 16.5. The average Bonchev–Trinajstić information content (AvgIpc) is 2.44. The van der Waals surface area contributed by atoms with Gasteiger partial charge in [0.25, 0.3) is 0 Å². The maximum Gasteiger partial charge on any atom is 0.224 e. The molecule has 0 heterocycles. The van der Waals surface area contributed by atoms with E-state index in [0.29, 0.717) is 6.54 Å². The molecular formula is C17H28N2O2. The van der Waals surface area contributed by atoms with Crippen molar-refractivity contribution in [3.8, 4) is 5.75 Å². The second-order valence-corrected chi connectivity index (χ2v) is 5.64. The molecule has 0 spiro atoms. The summed E-state index contributed by atoms with van der Waals surface area (Å²) in [4.78, 5) is 12.2. The van der Waals surface area contributed by atoms with Crippen molar-refractivity contribution in [1.82, 2.24) is 10.6 Å². The number of carbonyl (C=O) groups excluding carboxylic acids is 1. The van der Waals surface area contributed by atoms with Gasteiger partial charge in [-0.25, -0.2) is 0 Å². The highest BCUT2D eigenvalue weighted by Gasteiger charge is 2.18. The first-order chi connectivity index (χ1) is 9.95. The number of hydrogen-bond acceptors (Lipinski definition) is 3. The van der Waals surface area contributed by atoms with Crippen molar-refractivity contribution in [1.29, 1.82) is 0 Å². The SMILES string of the molecule is CCNCC(C)C(=O)NC(C)c1ccccc1OC(C)C. The fraction of sp³-hybridized carbons (Fsp3) is 0.588. The summed E-state index contributed by atoms with van der Waals surface area (Å²) >= 11 is 0. The molecular weight excluding hydrogens is 264 g/mol. The summed E-state index contributed by atoms with van der Waals surface area (Å²) in [5, 5.41) is 6.25. The maximum absolute atomic E-state index is 12.2. The third-order valence-electron chi connectivity index (χ3n) is 3.26. The average molecular weight is 292 g/mol. The molecule has 2 atom stereocenters. The van der Waals surface area contributed by atoms with Gasteiger partial charge in [-0.05, 0) is 33.4 Å². The van der Waals surface area contributed by atoms with Crippen LogP contribution in [0.1, 0.15) is 46.2 Å². The first-order valence-corrected chi connectivity index (χ1v) is 7.72. The zero-order chi connectivity index (χ0) is 15.8. The van der Waals surface area contributed by atoms with Crippen molar-refractivity contribution in [2.75, 3.05) is 13.1 Å². The van der Waals surface area contributed by atoms with Gasteiger partial charge >= 0.3 is 0 Å². The molecule has 0 fully saturated rings. The molecule has 0 radical (unpaired) electrons. The molecule has 4 nitrogen and oxygen atoms in total. The Hall–Kier alpha value is -1.55. The van der Waals surface area contributed by atoms with Crippen molar-refractivity contribution < 1.29 is 9.53 Å². The predicted octanol–water partition coefficient (Wildman–Crippen LogP) is 2.90. The lowest BCUT2D eigenvalue weighted by atomic mass is 10.1. The van der Waals surface area contributed by atoms with E-state index in [4.69, 9.17) is 4.74 Å². The van der Waals surface area contributed by atoms with E-state index in [9.17, 15) is 4.79 Å². The van der Waals surface area contributed by atoms with Crippen LogP contribution in [0.15, 0.2) is 24.3 Å². The molecule has 2 N–H and O–H groups in total. The van der Waals surface area contributed by atoms with Crippen LogP contribution >= 0.6 is 0 Å². The van der Waals surface area contributed by atoms with E-state index in [-0.39, 0.29) is 24.0 Å². The van der Waals surface area contributed by atoms with Gasteiger partial charge in [-0.2, -0.15) is 0 Å². The smallest absolute Gasteiger partial charge is 0.224 e. The third-order valence-corrected chi connectivity index (χ3v) is 3.26. The van der Waals surface area contributed by atoms with Crippen molar-refractivity contribution in [3.63, 3.8) is 0 Å². The number of amides is 1. The molecule has 2 unspecified atom stereocenters. The third kappa shape index (κ3) is 5.76. The normalized spacial score (nSPS) is 13.8. The Morgan fingerprint density at radius 1 is 1.19 bits per heavy atom. The van der Waals surface area contributed by atoms with Gasteiger partial charge < -0.3 is 15.4 Å². The van der Waals surface area contributed by atoms with Gasteiger partial charge in [0, 0.05) is 18.0 Å². The van der Waals surface area contributed by atoms with Gasteiger partial charge in [0.05, 0.1) is 12.1 Å². The minimum absolute atomic E-state index is 0.0504. The lowest BCUT2D eigenvalue weighted by molar-refractivity contribution is -0.125. The standard InChI is InChI=1S/C17H28N2O2/c1-6-18-11-13(4)17(20)19-14(5)15-9-7-8-10-16(15)21-12(2)3/h7-10,12-14,18H,6,11H2,1-5H3,(H,19,20). The Labute approximate surface area is 128 Å². The molecule has 0 saturated carbocycles. The van der Waals surface area contributed by atoms with Crippen LogP contribution < -0.4 is 15.4 Å². The topological polar surface area (TPSA) is 50.4 Å². The van der Waals surface area contributed by atoms with E-state index in [2.05, 4.69) is 10.6 Å². The zero-order valence-corrected chi connectivity index (χ0v) is 13.8. The summed E-state index contributed by atoms with van der Waals surface area (Å²) < 4.78 is 5.81. The molecule has 0 bridgehead atoms. The largest absolute Gasteiger partial charge is 0.491 e. The molecule has 1 rings (SSSR count). The fourth-order valence-corrected chi connectivity index (χ4v) is 2.09. The van der Waals surface area contributed by atoms with Crippen LogP contribution in [-0.4, -0.2) is 25.1 Å². The molecule has 4 heteroatoms. The molecule has 1 aromatic rings. The van der Waals surface area contributed by atoms with Crippen molar-refractivity contribution >= 4 is 5.91 Å². The molecule has 0 aliphatic carbocycles. The Morgan fingerprint density at radius 2 is 1.86 bits per heavy atom. The second kappa shape index (κ2) is 8.67. The first-order valence-electron chi connectivity index (χ1n) is 7.72. The predicted molar refractivity (Wildman–Crippen MR) is 86.5 cm³/mol. The number of nitrogens with one attached hydrogen (secondary N) is 2. The van der Waals surface area contributed by atoms with Crippen LogP contribution in [0.4, 0.5) is 0 Å².